The molecule has 1 heterocycles. The average Bonchev–Trinajstić information content (AvgIpc) is 2.38. The molecule has 0 unspecified atom stereocenters. The fraction of sp³-hybridized carbons (Fsp3) is 0.471. The van der Waals surface area contributed by atoms with E-state index in [1.54, 1.807) is 13.8 Å². The first kappa shape index (κ1) is 16.7. The van der Waals surface area contributed by atoms with Crippen molar-refractivity contribution in [3.8, 4) is 0 Å². The highest BCUT2D eigenvalue weighted by Gasteiger charge is 2.32. The number of nitrogens with zero attached hydrogens (tertiary/aromatic N) is 2. The predicted octanol–water partition coefficient (Wildman–Crippen LogP) is 3.11. The van der Waals surface area contributed by atoms with Gasteiger partial charge in [0.25, 0.3) is 0 Å². The van der Waals surface area contributed by atoms with E-state index in [9.17, 15) is 8.42 Å². The molecule has 1 aromatic heterocycles. The van der Waals surface area contributed by atoms with Crippen LogP contribution in [0.15, 0.2) is 24.3 Å². The molecule has 0 bridgehead atoms. The van der Waals surface area contributed by atoms with Crippen LogP contribution in [0.5, 0.6) is 0 Å². The number of benzene rings is 1. The lowest BCUT2D eigenvalue weighted by Gasteiger charge is -2.32. The molecule has 0 N–H and O–H groups in total. The van der Waals surface area contributed by atoms with Crippen LogP contribution in [0.25, 0.3) is 10.9 Å². The summed E-state index contributed by atoms with van der Waals surface area (Å²) < 4.78 is 23.2. The van der Waals surface area contributed by atoms with Crippen molar-refractivity contribution in [1.82, 2.24) is 4.98 Å². The number of aromatic nitrogens is 1. The molecule has 1 aromatic carbocycles. The monoisotopic (exact) mass is 320 g/mol. The minimum Gasteiger partial charge on any atom is -0.372 e. The quantitative estimate of drug-likeness (QED) is 0.868. The van der Waals surface area contributed by atoms with Crippen LogP contribution in [-0.2, 0) is 9.84 Å². The SMILES string of the molecule is Cc1nc2ccccc2c(N(C)CC(C)(C)S(C)(=O)=O)c1C. The van der Waals surface area contributed by atoms with E-state index in [4.69, 9.17) is 0 Å². The van der Waals surface area contributed by atoms with E-state index in [2.05, 4.69) is 4.98 Å². The Morgan fingerprint density at radius 1 is 1.18 bits per heavy atom. The minimum absolute atomic E-state index is 0.431. The van der Waals surface area contributed by atoms with Gasteiger partial charge in [-0.25, -0.2) is 8.42 Å². The molecule has 0 amide bonds. The van der Waals surface area contributed by atoms with Gasteiger partial charge in [-0.15, -0.1) is 0 Å². The van der Waals surface area contributed by atoms with Crippen LogP contribution in [0.3, 0.4) is 0 Å². The standard InChI is InChI=1S/C17H24N2O2S/c1-12-13(2)18-15-10-8-7-9-14(15)16(12)19(5)11-17(3,4)22(6,20)21/h7-10H,11H2,1-6H3. The summed E-state index contributed by atoms with van der Waals surface area (Å²) in [6, 6.07) is 7.97. The van der Waals surface area contributed by atoms with Gasteiger partial charge in [0, 0.05) is 30.9 Å². The second kappa shape index (κ2) is 5.54. The molecule has 0 fully saturated rings. The lowest BCUT2D eigenvalue weighted by Crippen LogP contribution is -2.43. The normalized spacial score (nSPS) is 12.6. The highest BCUT2D eigenvalue weighted by atomic mass is 32.2. The topological polar surface area (TPSA) is 50.3 Å². The maximum Gasteiger partial charge on any atom is 0.154 e. The van der Waals surface area contributed by atoms with Gasteiger partial charge in [0.2, 0.25) is 0 Å². The van der Waals surface area contributed by atoms with Crippen LogP contribution in [0.1, 0.15) is 25.1 Å². The van der Waals surface area contributed by atoms with E-state index in [-0.39, 0.29) is 0 Å². The third-order valence-corrected chi connectivity index (χ3v) is 6.49. The van der Waals surface area contributed by atoms with Gasteiger partial charge in [-0.05, 0) is 39.3 Å². The van der Waals surface area contributed by atoms with Crippen molar-refractivity contribution in [3.05, 3.63) is 35.5 Å². The van der Waals surface area contributed by atoms with Crippen LogP contribution < -0.4 is 4.90 Å². The van der Waals surface area contributed by atoms with Gasteiger partial charge < -0.3 is 4.90 Å². The second-order valence-electron chi connectivity index (χ2n) is 6.58. The first-order valence-electron chi connectivity index (χ1n) is 7.31. The van der Waals surface area contributed by atoms with Crippen LogP contribution in [0.4, 0.5) is 5.69 Å². The molecule has 2 aromatic rings. The summed E-state index contributed by atoms with van der Waals surface area (Å²) in [6.45, 7) is 7.99. The molecule has 120 valence electrons. The average molecular weight is 320 g/mol. The molecule has 0 saturated heterocycles. The van der Waals surface area contributed by atoms with Gasteiger partial charge in [0.1, 0.15) is 0 Å². The Morgan fingerprint density at radius 2 is 1.77 bits per heavy atom. The first-order chi connectivity index (χ1) is 10.0. The summed E-state index contributed by atoms with van der Waals surface area (Å²) in [7, 11) is -1.19. The molecule has 22 heavy (non-hydrogen) atoms. The van der Waals surface area contributed by atoms with Crippen LogP contribution in [-0.4, -0.2) is 38.0 Å². The van der Waals surface area contributed by atoms with E-state index in [0.717, 1.165) is 27.8 Å². The fourth-order valence-electron chi connectivity index (χ4n) is 2.67. The Bertz CT molecular complexity index is 811. The fourth-order valence-corrected chi connectivity index (χ4v) is 3.10. The number of rotatable bonds is 4. The van der Waals surface area contributed by atoms with Crippen molar-refractivity contribution < 1.29 is 8.42 Å². The highest BCUT2D eigenvalue weighted by Crippen LogP contribution is 2.32. The molecule has 5 heteroatoms. The molecular weight excluding hydrogens is 296 g/mol. The number of hydrogen-bond acceptors (Lipinski definition) is 4. The Balaban J connectivity index is 2.57. The van der Waals surface area contributed by atoms with E-state index < -0.39 is 14.6 Å². The molecule has 0 spiro atoms. The Labute approximate surface area is 133 Å². The second-order valence-corrected chi connectivity index (χ2v) is 9.23. The van der Waals surface area contributed by atoms with Crippen molar-refractivity contribution in [1.29, 1.82) is 0 Å². The molecule has 0 atom stereocenters. The zero-order valence-corrected chi connectivity index (χ0v) is 15.0. The van der Waals surface area contributed by atoms with Crippen molar-refractivity contribution in [2.45, 2.75) is 32.4 Å². The van der Waals surface area contributed by atoms with Crippen molar-refractivity contribution in [2.24, 2.45) is 0 Å². The van der Waals surface area contributed by atoms with E-state index in [1.807, 2.05) is 50.1 Å². The summed E-state index contributed by atoms with van der Waals surface area (Å²) in [5, 5.41) is 1.05. The van der Waals surface area contributed by atoms with Gasteiger partial charge in [-0.2, -0.15) is 0 Å². The maximum atomic E-state index is 12.0. The zero-order chi connectivity index (χ0) is 16.7. The third-order valence-electron chi connectivity index (χ3n) is 4.35. The number of pyridine rings is 1. The van der Waals surface area contributed by atoms with E-state index in [0.29, 0.717) is 6.54 Å². The lowest BCUT2D eigenvalue weighted by atomic mass is 10.1. The summed E-state index contributed by atoms with van der Waals surface area (Å²) in [5.74, 6) is 0. The summed E-state index contributed by atoms with van der Waals surface area (Å²) in [6.07, 6.45) is 1.30. The van der Waals surface area contributed by atoms with Gasteiger partial charge in [-0.1, -0.05) is 18.2 Å². The molecule has 4 nitrogen and oxygen atoms in total. The Hall–Kier alpha value is -1.62. The maximum absolute atomic E-state index is 12.0. The van der Waals surface area contributed by atoms with Crippen molar-refractivity contribution in [2.75, 3.05) is 24.7 Å². The first-order valence-corrected chi connectivity index (χ1v) is 9.20. The molecule has 0 aliphatic carbocycles. The van der Waals surface area contributed by atoms with E-state index in [1.165, 1.54) is 6.26 Å². The zero-order valence-electron chi connectivity index (χ0n) is 14.1. The van der Waals surface area contributed by atoms with E-state index >= 15 is 0 Å². The number of anilines is 1. The molecule has 0 radical (unpaired) electrons. The summed E-state index contributed by atoms with van der Waals surface area (Å²) >= 11 is 0. The van der Waals surface area contributed by atoms with Crippen molar-refractivity contribution >= 4 is 26.4 Å². The highest BCUT2D eigenvalue weighted by molar-refractivity contribution is 7.92. The predicted molar refractivity (Wildman–Crippen MR) is 93.4 cm³/mol. The van der Waals surface area contributed by atoms with Gasteiger partial charge in [0.15, 0.2) is 9.84 Å². The molecule has 0 aliphatic rings. The third kappa shape index (κ3) is 2.95. The lowest BCUT2D eigenvalue weighted by molar-refractivity contribution is 0.550. The van der Waals surface area contributed by atoms with Crippen LogP contribution in [0, 0.1) is 13.8 Å². The largest absolute Gasteiger partial charge is 0.372 e. The summed E-state index contributed by atoms with van der Waals surface area (Å²) in [4.78, 5) is 6.65. The number of fused-ring (bicyclic) bond motifs is 1. The molecule has 2 rings (SSSR count). The molecule has 0 saturated carbocycles. The van der Waals surface area contributed by atoms with Gasteiger partial charge >= 0.3 is 0 Å². The minimum atomic E-state index is -3.14. The van der Waals surface area contributed by atoms with Gasteiger partial charge in [-0.3, -0.25) is 4.98 Å². The Morgan fingerprint density at radius 3 is 2.36 bits per heavy atom. The summed E-state index contributed by atoms with van der Waals surface area (Å²) in [5.41, 5.74) is 4.05. The number of hydrogen-bond donors (Lipinski definition) is 0. The van der Waals surface area contributed by atoms with Crippen LogP contribution in [0.2, 0.25) is 0 Å². The van der Waals surface area contributed by atoms with Crippen LogP contribution >= 0.6 is 0 Å². The van der Waals surface area contributed by atoms with Crippen molar-refractivity contribution in [3.63, 3.8) is 0 Å². The smallest absolute Gasteiger partial charge is 0.154 e. The van der Waals surface area contributed by atoms with Gasteiger partial charge in [0.05, 0.1) is 16.0 Å². The molecule has 0 aliphatic heterocycles. The Kier molecular flexibility index (Phi) is 4.22. The molecular formula is C17H24N2O2S. The number of aryl methyl sites for hydroxylation is 1. The number of para-hydroxylation sites is 1. The number of sulfone groups is 1.